The van der Waals surface area contributed by atoms with Gasteiger partial charge < -0.3 is 19.9 Å². The molecule has 0 fully saturated rings. The number of anilines is 1. The van der Waals surface area contributed by atoms with Crippen molar-refractivity contribution < 1.29 is 18.8 Å². The minimum absolute atomic E-state index is 0.0563. The zero-order chi connectivity index (χ0) is 23.3. The van der Waals surface area contributed by atoms with E-state index < -0.39 is 6.04 Å². The molecule has 0 aliphatic heterocycles. The van der Waals surface area contributed by atoms with Gasteiger partial charge in [-0.05, 0) is 36.2 Å². The Bertz CT molecular complexity index is 1090. The van der Waals surface area contributed by atoms with Crippen molar-refractivity contribution in [2.75, 3.05) is 12.4 Å². The summed E-state index contributed by atoms with van der Waals surface area (Å²) in [5.74, 6) is 1.30. The van der Waals surface area contributed by atoms with Crippen LogP contribution in [-0.4, -0.2) is 29.1 Å². The molecule has 2 amide bonds. The first-order valence-electron chi connectivity index (χ1n) is 10.4. The lowest BCUT2D eigenvalue weighted by atomic mass is 10.0. The molecule has 3 aromatic rings. The molecule has 1 aromatic heterocycles. The van der Waals surface area contributed by atoms with Crippen molar-refractivity contribution >= 4 is 17.5 Å². The molecule has 8 nitrogen and oxygen atoms in total. The number of nitrogens with one attached hydrogen (secondary N) is 2. The van der Waals surface area contributed by atoms with Gasteiger partial charge in [0.25, 0.3) is 5.89 Å². The summed E-state index contributed by atoms with van der Waals surface area (Å²) in [6, 6.07) is 12.4. The van der Waals surface area contributed by atoms with Crippen LogP contribution in [0, 0.1) is 6.92 Å². The molecule has 2 N–H and O–H groups in total. The van der Waals surface area contributed by atoms with Gasteiger partial charge in [0, 0.05) is 12.8 Å². The van der Waals surface area contributed by atoms with Gasteiger partial charge >= 0.3 is 0 Å². The molecule has 1 heterocycles. The van der Waals surface area contributed by atoms with E-state index in [2.05, 4.69) is 20.8 Å². The highest BCUT2D eigenvalue weighted by molar-refractivity contribution is 5.96. The van der Waals surface area contributed by atoms with Crippen molar-refractivity contribution in [1.82, 2.24) is 15.5 Å². The minimum Gasteiger partial charge on any atom is -0.497 e. The fourth-order valence-corrected chi connectivity index (χ4v) is 3.30. The van der Waals surface area contributed by atoms with Crippen LogP contribution in [0.25, 0.3) is 11.5 Å². The number of hydrogen-bond donors (Lipinski definition) is 2. The molecule has 0 bridgehead atoms. The zero-order valence-corrected chi connectivity index (χ0v) is 18.9. The van der Waals surface area contributed by atoms with Gasteiger partial charge in [-0.25, -0.2) is 0 Å². The van der Waals surface area contributed by atoms with Crippen LogP contribution in [0.4, 0.5) is 5.69 Å². The van der Waals surface area contributed by atoms with Crippen LogP contribution in [0.15, 0.2) is 47.0 Å². The van der Waals surface area contributed by atoms with Gasteiger partial charge in [-0.1, -0.05) is 43.3 Å². The van der Waals surface area contributed by atoms with E-state index in [4.69, 9.17) is 9.26 Å². The van der Waals surface area contributed by atoms with Gasteiger partial charge in [-0.2, -0.15) is 4.98 Å². The highest BCUT2D eigenvalue weighted by atomic mass is 16.5. The predicted octanol–water partition coefficient (Wildman–Crippen LogP) is 4.38. The summed E-state index contributed by atoms with van der Waals surface area (Å²) in [4.78, 5) is 29.2. The second-order valence-electron chi connectivity index (χ2n) is 7.89. The lowest BCUT2D eigenvalue weighted by molar-refractivity contribution is -0.120. The number of hydrogen-bond acceptors (Lipinski definition) is 6. The summed E-state index contributed by atoms with van der Waals surface area (Å²) in [6.45, 7) is 7.28. The van der Waals surface area contributed by atoms with E-state index in [0.29, 0.717) is 28.7 Å². The number of methoxy groups -OCH3 is 1. The van der Waals surface area contributed by atoms with Gasteiger partial charge in [-0.15, -0.1) is 0 Å². The fourth-order valence-electron chi connectivity index (χ4n) is 3.30. The number of ether oxygens (including phenoxy) is 1. The Hall–Kier alpha value is -3.68. The zero-order valence-electron chi connectivity index (χ0n) is 18.9. The molecule has 2 aromatic carbocycles. The van der Waals surface area contributed by atoms with Crippen LogP contribution in [0.1, 0.15) is 56.1 Å². The summed E-state index contributed by atoms with van der Waals surface area (Å²) < 4.78 is 10.6. The van der Waals surface area contributed by atoms with E-state index in [1.807, 2.05) is 51.1 Å². The Morgan fingerprint density at radius 1 is 1.12 bits per heavy atom. The molecule has 0 saturated carbocycles. The molecule has 0 aliphatic rings. The topological polar surface area (TPSA) is 106 Å². The van der Waals surface area contributed by atoms with Crippen molar-refractivity contribution in [3.63, 3.8) is 0 Å². The third kappa shape index (κ3) is 5.51. The number of aryl methyl sites for hydroxylation is 1. The smallest absolute Gasteiger partial charge is 0.260 e. The van der Waals surface area contributed by atoms with E-state index in [1.165, 1.54) is 6.92 Å². The molecule has 0 aliphatic carbocycles. The van der Waals surface area contributed by atoms with Gasteiger partial charge in [-0.3, -0.25) is 9.59 Å². The van der Waals surface area contributed by atoms with Crippen LogP contribution in [0.5, 0.6) is 5.75 Å². The first kappa shape index (κ1) is 23.0. The number of amides is 2. The van der Waals surface area contributed by atoms with Gasteiger partial charge in [0.05, 0.1) is 30.8 Å². The average molecular weight is 437 g/mol. The monoisotopic (exact) mass is 436 g/mol. The van der Waals surface area contributed by atoms with E-state index in [0.717, 1.165) is 11.1 Å². The molecule has 168 valence electrons. The molecular formula is C24H28N4O4. The highest BCUT2D eigenvalue weighted by Crippen LogP contribution is 2.31. The SMILES string of the molecule is COc1ccc(C(CC(=O)Nc2c(C)cccc2-c2nc(C(C)C)no2)NC(C)=O)cc1. The normalized spacial score (nSPS) is 11.8. The lowest BCUT2D eigenvalue weighted by Gasteiger charge is -2.19. The first-order chi connectivity index (χ1) is 15.3. The number of para-hydroxylation sites is 1. The summed E-state index contributed by atoms with van der Waals surface area (Å²) in [5, 5.41) is 9.84. The maximum Gasteiger partial charge on any atom is 0.260 e. The molecule has 32 heavy (non-hydrogen) atoms. The Morgan fingerprint density at radius 3 is 2.44 bits per heavy atom. The van der Waals surface area contributed by atoms with E-state index in [-0.39, 0.29) is 24.2 Å². The molecule has 0 saturated heterocycles. The Morgan fingerprint density at radius 2 is 1.84 bits per heavy atom. The van der Waals surface area contributed by atoms with Crippen LogP contribution >= 0.6 is 0 Å². The number of nitrogens with zero attached hydrogens (tertiary/aromatic N) is 2. The molecule has 8 heteroatoms. The van der Waals surface area contributed by atoms with Crippen LogP contribution in [0.2, 0.25) is 0 Å². The third-order valence-corrected chi connectivity index (χ3v) is 5.01. The average Bonchev–Trinajstić information content (AvgIpc) is 3.25. The molecule has 1 atom stereocenters. The number of benzene rings is 2. The Labute approximate surface area is 187 Å². The minimum atomic E-state index is -0.484. The standard InChI is InChI=1S/C24H28N4O4/c1-14(2)23-27-24(32-28-23)19-8-6-7-15(3)22(19)26-21(30)13-20(25-16(4)29)17-9-11-18(31-5)12-10-17/h6-12,14,20H,13H2,1-5H3,(H,25,29)(H,26,30). The fraction of sp³-hybridized carbons (Fsp3) is 0.333. The first-order valence-corrected chi connectivity index (χ1v) is 10.4. The summed E-state index contributed by atoms with van der Waals surface area (Å²) in [5.41, 5.74) is 2.92. The van der Waals surface area contributed by atoms with Gasteiger partial charge in [0.15, 0.2) is 5.82 Å². The quantitative estimate of drug-likeness (QED) is 0.543. The van der Waals surface area contributed by atoms with Gasteiger partial charge in [0.1, 0.15) is 5.75 Å². The largest absolute Gasteiger partial charge is 0.497 e. The summed E-state index contributed by atoms with van der Waals surface area (Å²) >= 11 is 0. The second-order valence-corrected chi connectivity index (χ2v) is 7.89. The van der Waals surface area contributed by atoms with Crippen LogP contribution < -0.4 is 15.4 Å². The molecule has 1 unspecified atom stereocenters. The highest BCUT2D eigenvalue weighted by Gasteiger charge is 2.21. The Kier molecular flexibility index (Phi) is 7.25. The number of aromatic nitrogens is 2. The third-order valence-electron chi connectivity index (χ3n) is 5.01. The van der Waals surface area contributed by atoms with Crippen molar-refractivity contribution in [2.45, 2.75) is 46.1 Å². The lowest BCUT2D eigenvalue weighted by Crippen LogP contribution is -2.30. The molecule has 0 spiro atoms. The summed E-state index contributed by atoms with van der Waals surface area (Å²) in [7, 11) is 1.58. The van der Waals surface area contributed by atoms with Crippen molar-refractivity contribution in [2.24, 2.45) is 0 Å². The molecule has 0 radical (unpaired) electrons. The maximum atomic E-state index is 13.0. The van der Waals surface area contributed by atoms with Crippen molar-refractivity contribution in [1.29, 1.82) is 0 Å². The van der Waals surface area contributed by atoms with Crippen molar-refractivity contribution in [3.8, 4) is 17.2 Å². The number of carbonyl (C=O) groups is 2. The molecular weight excluding hydrogens is 408 g/mol. The van der Waals surface area contributed by atoms with Gasteiger partial charge in [0.2, 0.25) is 11.8 Å². The van der Waals surface area contributed by atoms with E-state index in [9.17, 15) is 9.59 Å². The number of rotatable bonds is 8. The summed E-state index contributed by atoms with van der Waals surface area (Å²) in [6.07, 6.45) is 0.0563. The predicted molar refractivity (Wildman–Crippen MR) is 121 cm³/mol. The Balaban J connectivity index is 1.83. The van der Waals surface area contributed by atoms with Crippen LogP contribution in [-0.2, 0) is 9.59 Å². The molecule has 3 rings (SSSR count). The van der Waals surface area contributed by atoms with Crippen molar-refractivity contribution in [3.05, 3.63) is 59.4 Å². The number of carbonyl (C=O) groups excluding carboxylic acids is 2. The second kappa shape index (κ2) is 10.1. The van der Waals surface area contributed by atoms with Crippen LogP contribution in [0.3, 0.4) is 0 Å². The van der Waals surface area contributed by atoms with E-state index in [1.54, 1.807) is 19.2 Å². The maximum absolute atomic E-state index is 13.0. The van der Waals surface area contributed by atoms with E-state index >= 15 is 0 Å².